The predicted octanol–water partition coefficient (Wildman–Crippen LogP) is 1.41. The maximum Gasteiger partial charge on any atom is 0.322 e. The van der Waals surface area contributed by atoms with Crippen LogP contribution in [0, 0.1) is 0 Å². The summed E-state index contributed by atoms with van der Waals surface area (Å²) in [6.45, 7) is 0. The van der Waals surface area contributed by atoms with Crippen molar-refractivity contribution in [2.75, 3.05) is 5.75 Å². The van der Waals surface area contributed by atoms with E-state index in [1.165, 1.54) is 10.5 Å². The number of thioether (sulfide) groups is 1. The predicted molar refractivity (Wildman–Crippen MR) is 49.2 cm³/mol. The first-order valence-electron chi connectivity index (χ1n) is 3.58. The minimum Gasteiger partial charge on any atom is -0.351 e. The molecule has 0 aromatic rings. The average Bonchev–Trinajstić information content (AvgIpc) is 2.49. The number of allylic oxidation sites excluding steroid dienone is 2. The van der Waals surface area contributed by atoms with E-state index in [2.05, 4.69) is 6.08 Å². The third-order valence-electron chi connectivity index (χ3n) is 1.75. The zero-order chi connectivity index (χ0) is 8.55. The van der Waals surface area contributed by atoms with E-state index in [9.17, 15) is 4.79 Å². The highest BCUT2D eigenvalue weighted by atomic mass is 32.2. The van der Waals surface area contributed by atoms with Crippen molar-refractivity contribution in [2.24, 2.45) is 5.73 Å². The van der Waals surface area contributed by atoms with Crippen LogP contribution >= 0.6 is 11.8 Å². The number of carbonyl (C=O) groups is 1. The highest BCUT2D eigenvalue weighted by molar-refractivity contribution is 8.03. The first kappa shape index (κ1) is 7.49. The van der Waals surface area contributed by atoms with Gasteiger partial charge in [-0.2, -0.15) is 0 Å². The van der Waals surface area contributed by atoms with E-state index < -0.39 is 6.03 Å². The maximum atomic E-state index is 10.8. The Morgan fingerprint density at radius 2 is 2.50 bits per heavy atom. The highest BCUT2D eigenvalue weighted by Crippen LogP contribution is 2.34. The molecule has 62 valence electrons. The molecule has 0 aromatic heterocycles. The first-order valence-corrected chi connectivity index (χ1v) is 4.57. The van der Waals surface area contributed by atoms with E-state index in [-0.39, 0.29) is 0 Å². The summed E-state index contributed by atoms with van der Waals surface area (Å²) in [7, 11) is 0. The number of rotatable bonds is 0. The van der Waals surface area contributed by atoms with Gasteiger partial charge in [0.15, 0.2) is 0 Å². The molecule has 2 aliphatic rings. The van der Waals surface area contributed by atoms with Gasteiger partial charge >= 0.3 is 6.03 Å². The molecule has 4 heteroatoms. The van der Waals surface area contributed by atoms with Gasteiger partial charge in [0.05, 0.1) is 0 Å². The van der Waals surface area contributed by atoms with E-state index in [0.29, 0.717) is 0 Å². The molecule has 2 amide bonds. The summed E-state index contributed by atoms with van der Waals surface area (Å²) in [5.41, 5.74) is 6.30. The van der Waals surface area contributed by atoms with Crippen LogP contribution in [-0.2, 0) is 0 Å². The lowest BCUT2D eigenvalue weighted by atomic mass is 10.2. The molecule has 0 radical (unpaired) electrons. The van der Waals surface area contributed by atoms with Gasteiger partial charge in [-0.15, -0.1) is 11.8 Å². The Morgan fingerprint density at radius 1 is 1.67 bits per heavy atom. The number of carbonyl (C=O) groups excluding carboxylic acids is 1. The van der Waals surface area contributed by atoms with Crippen LogP contribution in [0.5, 0.6) is 0 Å². The van der Waals surface area contributed by atoms with Crippen molar-refractivity contribution in [2.45, 2.75) is 0 Å². The Kier molecular flexibility index (Phi) is 1.69. The van der Waals surface area contributed by atoms with Crippen molar-refractivity contribution in [3.63, 3.8) is 0 Å². The Hall–Kier alpha value is -1.16. The van der Waals surface area contributed by atoms with Crippen molar-refractivity contribution in [1.82, 2.24) is 4.90 Å². The number of fused-ring (bicyclic) bond motifs is 1. The molecule has 2 N–H and O–H groups in total. The van der Waals surface area contributed by atoms with E-state index in [0.717, 1.165) is 10.7 Å². The number of amides is 2. The molecule has 0 unspecified atom stereocenters. The number of nitrogens with zero attached hydrogens (tertiary/aromatic N) is 1. The Bertz CT molecular complexity index is 317. The summed E-state index contributed by atoms with van der Waals surface area (Å²) in [4.78, 5) is 13.3. The molecule has 2 rings (SSSR count). The van der Waals surface area contributed by atoms with E-state index in [1.54, 1.807) is 24.2 Å². The SMILES string of the molecule is NC(=O)N1C=CC2=CCSC2=C1. The second kappa shape index (κ2) is 2.71. The summed E-state index contributed by atoms with van der Waals surface area (Å²) in [6, 6.07) is -0.440. The van der Waals surface area contributed by atoms with Gasteiger partial charge in [0.1, 0.15) is 0 Å². The summed E-state index contributed by atoms with van der Waals surface area (Å²) >= 11 is 1.72. The number of hydrogen-bond donors (Lipinski definition) is 1. The molecule has 0 spiro atoms. The van der Waals surface area contributed by atoms with Gasteiger partial charge in [0.2, 0.25) is 0 Å². The summed E-state index contributed by atoms with van der Waals surface area (Å²) < 4.78 is 0. The van der Waals surface area contributed by atoms with Gasteiger partial charge < -0.3 is 5.73 Å². The van der Waals surface area contributed by atoms with Crippen molar-refractivity contribution in [3.8, 4) is 0 Å². The van der Waals surface area contributed by atoms with Crippen LogP contribution in [0.15, 0.2) is 35.0 Å². The molecule has 2 heterocycles. The van der Waals surface area contributed by atoms with Gasteiger partial charge in [-0.3, -0.25) is 4.90 Å². The molecule has 2 aliphatic heterocycles. The Labute approximate surface area is 74.6 Å². The average molecular weight is 180 g/mol. The molecular formula is C8H8N2OS. The second-order valence-corrected chi connectivity index (χ2v) is 3.59. The molecule has 12 heavy (non-hydrogen) atoms. The molecule has 0 atom stereocenters. The van der Waals surface area contributed by atoms with E-state index >= 15 is 0 Å². The molecule has 3 nitrogen and oxygen atoms in total. The Balaban J connectivity index is 2.28. The van der Waals surface area contributed by atoms with Gasteiger partial charge in [0.25, 0.3) is 0 Å². The van der Waals surface area contributed by atoms with Crippen molar-refractivity contribution in [1.29, 1.82) is 0 Å². The number of nitrogens with two attached hydrogens (primary N) is 1. The van der Waals surface area contributed by atoms with Gasteiger partial charge in [0, 0.05) is 23.1 Å². The fraction of sp³-hybridized carbons (Fsp3) is 0.125. The summed E-state index contributed by atoms with van der Waals surface area (Å²) in [5, 5.41) is 0. The fourth-order valence-corrected chi connectivity index (χ4v) is 2.08. The molecule has 0 saturated heterocycles. The van der Waals surface area contributed by atoms with Gasteiger partial charge in [-0.05, 0) is 11.6 Å². The van der Waals surface area contributed by atoms with Crippen LogP contribution in [0.1, 0.15) is 0 Å². The minimum atomic E-state index is -0.440. The van der Waals surface area contributed by atoms with Crippen LogP contribution < -0.4 is 5.73 Å². The molecule has 0 fully saturated rings. The monoisotopic (exact) mass is 180 g/mol. The number of urea groups is 1. The quantitative estimate of drug-likeness (QED) is 0.612. The number of hydrogen-bond acceptors (Lipinski definition) is 2. The van der Waals surface area contributed by atoms with E-state index in [4.69, 9.17) is 5.73 Å². The zero-order valence-corrected chi connectivity index (χ0v) is 7.17. The zero-order valence-electron chi connectivity index (χ0n) is 6.36. The molecule has 0 bridgehead atoms. The third kappa shape index (κ3) is 1.14. The standard InChI is InChI=1S/C8H8N2OS/c9-8(11)10-3-1-6-2-4-12-7(6)5-10/h1-3,5H,4H2,(H2,9,11). The molecule has 0 aromatic carbocycles. The highest BCUT2D eigenvalue weighted by Gasteiger charge is 2.16. The number of primary amides is 1. The van der Waals surface area contributed by atoms with Crippen molar-refractivity contribution < 1.29 is 4.79 Å². The van der Waals surface area contributed by atoms with Crippen LogP contribution in [-0.4, -0.2) is 16.7 Å². The van der Waals surface area contributed by atoms with Crippen LogP contribution in [0.3, 0.4) is 0 Å². The van der Waals surface area contributed by atoms with Crippen molar-refractivity contribution >= 4 is 17.8 Å². The normalized spacial score (nSPS) is 20.2. The molecule has 0 saturated carbocycles. The van der Waals surface area contributed by atoms with E-state index in [1.807, 2.05) is 6.08 Å². The maximum absolute atomic E-state index is 10.8. The summed E-state index contributed by atoms with van der Waals surface area (Å²) in [5.74, 6) is 0.984. The first-order chi connectivity index (χ1) is 5.77. The van der Waals surface area contributed by atoms with Crippen LogP contribution in [0.4, 0.5) is 4.79 Å². The van der Waals surface area contributed by atoms with Crippen LogP contribution in [0.2, 0.25) is 0 Å². The largest absolute Gasteiger partial charge is 0.351 e. The van der Waals surface area contributed by atoms with Gasteiger partial charge in [-0.1, -0.05) is 6.08 Å². The van der Waals surface area contributed by atoms with Crippen LogP contribution in [0.25, 0.3) is 0 Å². The third-order valence-corrected chi connectivity index (χ3v) is 2.74. The van der Waals surface area contributed by atoms with Crippen molar-refractivity contribution in [3.05, 3.63) is 35.0 Å². The topological polar surface area (TPSA) is 46.3 Å². The lowest BCUT2D eigenvalue weighted by molar-refractivity contribution is 0.235. The lowest BCUT2D eigenvalue weighted by Gasteiger charge is -2.16. The van der Waals surface area contributed by atoms with Gasteiger partial charge in [-0.25, -0.2) is 4.79 Å². The molecule has 0 aliphatic carbocycles. The smallest absolute Gasteiger partial charge is 0.322 e. The second-order valence-electron chi connectivity index (χ2n) is 2.53. The minimum absolute atomic E-state index is 0.440. The summed E-state index contributed by atoms with van der Waals surface area (Å²) in [6.07, 6.45) is 7.49. The molecular weight excluding hydrogens is 172 g/mol. The lowest BCUT2D eigenvalue weighted by Crippen LogP contribution is -2.27. The fourth-order valence-electron chi connectivity index (χ4n) is 1.13. The Morgan fingerprint density at radius 3 is 3.25 bits per heavy atom.